The van der Waals surface area contributed by atoms with Crippen LogP contribution >= 0.6 is 0 Å². The van der Waals surface area contributed by atoms with Gasteiger partial charge in [-0.3, -0.25) is 14.9 Å². The second-order valence-electron chi connectivity index (χ2n) is 5.38. The summed E-state index contributed by atoms with van der Waals surface area (Å²) in [6, 6.07) is 6.22. The highest BCUT2D eigenvalue weighted by Gasteiger charge is 2.40. The van der Waals surface area contributed by atoms with Crippen LogP contribution < -0.4 is 10.2 Å². The number of benzene rings is 1. The van der Waals surface area contributed by atoms with Crippen LogP contribution in [0.25, 0.3) is 0 Å². The van der Waals surface area contributed by atoms with Crippen molar-refractivity contribution in [3.8, 4) is 6.07 Å². The van der Waals surface area contributed by atoms with Crippen LogP contribution in [0, 0.1) is 26.9 Å². The second kappa shape index (κ2) is 5.40. The molecule has 2 rings (SSSR count). The van der Waals surface area contributed by atoms with Crippen molar-refractivity contribution in [3.05, 3.63) is 33.9 Å². The zero-order valence-corrected chi connectivity index (χ0v) is 11.9. The lowest BCUT2D eigenvalue weighted by molar-refractivity contribution is -0.384. The minimum atomic E-state index is -0.525. The van der Waals surface area contributed by atoms with E-state index >= 15 is 0 Å². The molecule has 21 heavy (non-hydrogen) atoms. The molecule has 1 aliphatic rings. The van der Waals surface area contributed by atoms with Gasteiger partial charge in [0, 0.05) is 32.3 Å². The van der Waals surface area contributed by atoms with Crippen LogP contribution in [0.4, 0.5) is 11.4 Å². The summed E-state index contributed by atoms with van der Waals surface area (Å²) in [4.78, 5) is 24.1. The van der Waals surface area contributed by atoms with Crippen molar-refractivity contribution >= 4 is 17.3 Å². The SMILES string of the molecule is CNC(=O)C1(C)CCN(c2ccc([N+](=O)[O-])cc2C#N)C1. The summed E-state index contributed by atoms with van der Waals surface area (Å²) in [7, 11) is 1.60. The maximum absolute atomic E-state index is 11.9. The van der Waals surface area contributed by atoms with Gasteiger partial charge in [-0.25, -0.2) is 0 Å². The van der Waals surface area contributed by atoms with E-state index in [0.717, 1.165) is 0 Å². The van der Waals surface area contributed by atoms with Gasteiger partial charge in [0.2, 0.25) is 5.91 Å². The van der Waals surface area contributed by atoms with Crippen LogP contribution in [0.15, 0.2) is 18.2 Å². The van der Waals surface area contributed by atoms with Crippen molar-refractivity contribution in [3.63, 3.8) is 0 Å². The molecule has 7 heteroatoms. The average Bonchev–Trinajstić information content (AvgIpc) is 2.89. The first-order valence-corrected chi connectivity index (χ1v) is 6.57. The largest absolute Gasteiger partial charge is 0.369 e. The molecule has 0 aromatic heterocycles. The lowest BCUT2D eigenvalue weighted by Gasteiger charge is -2.24. The van der Waals surface area contributed by atoms with Crippen molar-refractivity contribution in [2.24, 2.45) is 5.41 Å². The smallest absolute Gasteiger partial charge is 0.270 e. The standard InChI is InChI=1S/C14H16N4O3/c1-14(13(19)16-2)5-6-17(9-14)12-4-3-11(18(20)21)7-10(12)8-15/h3-4,7H,5-6,9H2,1-2H3,(H,16,19). The van der Waals surface area contributed by atoms with Gasteiger partial charge in [-0.05, 0) is 19.4 Å². The fraction of sp³-hybridized carbons (Fsp3) is 0.429. The highest BCUT2D eigenvalue weighted by Crippen LogP contribution is 2.35. The van der Waals surface area contributed by atoms with Crippen molar-refractivity contribution in [1.82, 2.24) is 5.32 Å². The molecule has 1 atom stereocenters. The number of nitriles is 1. The molecule has 1 amide bonds. The molecule has 1 unspecified atom stereocenters. The molecule has 0 spiro atoms. The van der Waals surface area contributed by atoms with E-state index in [1.54, 1.807) is 13.1 Å². The van der Waals surface area contributed by atoms with Gasteiger partial charge in [0.05, 0.1) is 21.6 Å². The van der Waals surface area contributed by atoms with Crippen molar-refractivity contribution in [2.45, 2.75) is 13.3 Å². The van der Waals surface area contributed by atoms with Crippen LogP contribution in [0.3, 0.4) is 0 Å². The summed E-state index contributed by atoms with van der Waals surface area (Å²) >= 11 is 0. The van der Waals surface area contributed by atoms with Crippen LogP contribution in [-0.2, 0) is 4.79 Å². The molecule has 1 fully saturated rings. The summed E-state index contributed by atoms with van der Waals surface area (Å²) in [5.41, 5.74) is 0.271. The van der Waals surface area contributed by atoms with E-state index in [0.29, 0.717) is 25.2 Å². The molecule has 1 aromatic carbocycles. The monoisotopic (exact) mass is 288 g/mol. The van der Waals surface area contributed by atoms with Gasteiger partial charge < -0.3 is 10.2 Å². The van der Waals surface area contributed by atoms with E-state index < -0.39 is 10.3 Å². The Balaban J connectivity index is 2.30. The Kier molecular flexibility index (Phi) is 3.80. The Morgan fingerprint density at radius 1 is 1.57 bits per heavy atom. The van der Waals surface area contributed by atoms with E-state index in [1.807, 2.05) is 17.9 Å². The predicted octanol–water partition coefficient (Wildman–Crippen LogP) is 1.43. The molecule has 0 aliphatic carbocycles. The highest BCUT2D eigenvalue weighted by atomic mass is 16.6. The van der Waals surface area contributed by atoms with Crippen LogP contribution in [0.5, 0.6) is 0 Å². The first kappa shape index (κ1) is 14.8. The fourth-order valence-corrected chi connectivity index (χ4v) is 2.66. The number of carbonyl (C=O) groups is 1. The first-order chi connectivity index (χ1) is 9.91. The number of rotatable bonds is 3. The summed E-state index contributed by atoms with van der Waals surface area (Å²) in [6.07, 6.45) is 0.675. The van der Waals surface area contributed by atoms with Gasteiger partial charge in [-0.2, -0.15) is 5.26 Å². The van der Waals surface area contributed by atoms with E-state index in [9.17, 15) is 20.2 Å². The number of non-ortho nitro benzene ring substituents is 1. The maximum Gasteiger partial charge on any atom is 0.270 e. The third-order valence-electron chi connectivity index (χ3n) is 3.90. The number of nitro benzene ring substituents is 1. The lowest BCUT2D eigenvalue weighted by Crippen LogP contribution is -2.39. The molecule has 1 heterocycles. The molecule has 1 aliphatic heterocycles. The van der Waals surface area contributed by atoms with Crippen molar-refractivity contribution < 1.29 is 9.72 Å². The number of carbonyl (C=O) groups excluding carboxylic acids is 1. The lowest BCUT2D eigenvalue weighted by atomic mass is 9.89. The number of hydrogen-bond acceptors (Lipinski definition) is 5. The fourth-order valence-electron chi connectivity index (χ4n) is 2.66. The minimum Gasteiger partial charge on any atom is -0.369 e. The number of anilines is 1. The van der Waals surface area contributed by atoms with Crippen LogP contribution in [0.2, 0.25) is 0 Å². The first-order valence-electron chi connectivity index (χ1n) is 6.57. The number of nitrogens with one attached hydrogen (secondary N) is 1. The van der Waals surface area contributed by atoms with E-state index in [-0.39, 0.29) is 17.2 Å². The highest BCUT2D eigenvalue weighted by molar-refractivity contribution is 5.83. The van der Waals surface area contributed by atoms with E-state index in [2.05, 4.69) is 5.32 Å². The van der Waals surface area contributed by atoms with Gasteiger partial charge in [0.25, 0.3) is 5.69 Å². The third-order valence-corrected chi connectivity index (χ3v) is 3.90. The number of amides is 1. The van der Waals surface area contributed by atoms with E-state index in [4.69, 9.17) is 0 Å². The summed E-state index contributed by atoms with van der Waals surface area (Å²) < 4.78 is 0. The topological polar surface area (TPSA) is 99.3 Å². The second-order valence-corrected chi connectivity index (χ2v) is 5.38. The van der Waals surface area contributed by atoms with Gasteiger partial charge in [-0.1, -0.05) is 0 Å². The maximum atomic E-state index is 11.9. The molecule has 0 radical (unpaired) electrons. The quantitative estimate of drug-likeness (QED) is 0.670. The predicted molar refractivity (Wildman–Crippen MR) is 76.8 cm³/mol. The summed E-state index contributed by atoms with van der Waals surface area (Å²) in [6.45, 7) is 3.00. The van der Waals surface area contributed by atoms with Crippen LogP contribution in [0.1, 0.15) is 18.9 Å². The molecule has 1 saturated heterocycles. The number of nitro groups is 1. The van der Waals surface area contributed by atoms with Gasteiger partial charge in [0.15, 0.2) is 0 Å². The molecule has 0 bridgehead atoms. The van der Waals surface area contributed by atoms with Gasteiger partial charge >= 0.3 is 0 Å². The summed E-state index contributed by atoms with van der Waals surface area (Å²) in [5.74, 6) is -0.0366. The van der Waals surface area contributed by atoms with Crippen molar-refractivity contribution in [2.75, 3.05) is 25.0 Å². The number of nitrogens with zero attached hydrogens (tertiary/aromatic N) is 3. The van der Waals surface area contributed by atoms with Gasteiger partial charge in [0.1, 0.15) is 6.07 Å². The Bertz CT molecular complexity index is 638. The van der Waals surface area contributed by atoms with Crippen molar-refractivity contribution in [1.29, 1.82) is 5.26 Å². The molecule has 7 nitrogen and oxygen atoms in total. The molecule has 110 valence electrons. The average molecular weight is 288 g/mol. The molecule has 1 N–H and O–H groups in total. The third kappa shape index (κ3) is 2.65. The molecule has 1 aromatic rings. The molecular formula is C14H16N4O3. The Morgan fingerprint density at radius 3 is 2.86 bits per heavy atom. The number of hydrogen-bond donors (Lipinski definition) is 1. The zero-order chi connectivity index (χ0) is 15.6. The molecular weight excluding hydrogens is 272 g/mol. The normalized spacial score (nSPS) is 20.9. The Hall–Kier alpha value is -2.62. The van der Waals surface area contributed by atoms with Gasteiger partial charge in [-0.15, -0.1) is 0 Å². The minimum absolute atomic E-state index is 0.0366. The summed E-state index contributed by atoms with van der Waals surface area (Å²) in [5, 5.41) is 22.6. The Labute approximate surface area is 122 Å². The Morgan fingerprint density at radius 2 is 2.29 bits per heavy atom. The zero-order valence-electron chi connectivity index (χ0n) is 11.9. The van der Waals surface area contributed by atoms with E-state index in [1.165, 1.54) is 12.1 Å². The molecule has 0 saturated carbocycles. The van der Waals surface area contributed by atoms with Crippen LogP contribution in [-0.4, -0.2) is 31.0 Å².